The van der Waals surface area contributed by atoms with E-state index in [9.17, 15) is 4.79 Å². The fourth-order valence-corrected chi connectivity index (χ4v) is 2.13. The van der Waals surface area contributed by atoms with E-state index in [0.717, 1.165) is 12.8 Å². The second kappa shape index (κ2) is 6.39. The van der Waals surface area contributed by atoms with Crippen LogP contribution in [0.4, 0.5) is 5.82 Å². The Bertz CT molecular complexity index is 609. The Hall–Kier alpha value is -2.36. The second-order valence-electron chi connectivity index (χ2n) is 5.71. The minimum absolute atomic E-state index is 0.0545. The zero-order chi connectivity index (χ0) is 15.3. The number of nitrogens with zero attached hydrogens (tertiary/aromatic N) is 1. The van der Waals surface area contributed by atoms with Gasteiger partial charge in [0.15, 0.2) is 5.69 Å². The Labute approximate surface area is 124 Å². The molecule has 4 heteroatoms. The van der Waals surface area contributed by atoms with Crippen molar-refractivity contribution in [2.45, 2.75) is 32.2 Å². The van der Waals surface area contributed by atoms with E-state index in [1.165, 1.54) is 11.6 Å². The lowest BCUT2D eigenvalue weighted by Crippen LogP contribution is -2.32. The predicted octanol–water partition coefficient (Wildman–Crippen LogP) is 3.60. The molecular formula is C17H20N2O2. The fourth-order valence-electron chi connectivity index (χ4n) is 2.13. The molecule has 0 fully saturated rings. The molecule has 0 aliphatic carbocycles. The van der Waals surface area contributed by atoms with E-state index in [1.54, 1.807) is 12.1 Å². The summed E-state index contributed by atoms with van der Waals surface area (Å²) in [5, 5.41) is 12.3. The van der Waals surface area contributed by atoms with Crippen LogP contribution in [-0.4, -0.2) is 21.6 Å². The first kappa shape index (κ1) is 15.0. The standard InChI is InChI=1S/C17H20N2O2/c1-17(2,12-11-13-7-4-3-5-8-13)19-15-10-6-9-14(18-15)16(20)21/h3-10H,11-12H2,1-2H3,(H,18,19)(H,20,21). The van der Waals surface area contributed by atoms with Gasteiger partial charge < -0.3 is 10.4 Å². The van der Waals surface area contributed by atoms with Crippen molar-refractivity contribution >= 4 is 11.8 Å². The Morgan fingerprint density at radius 3 is 2.52 bits per heavy atom. The maximum absolute atomic E-state index is 10.9. The van der Waals surface area contributed by atoms with Gasteiger partial charge in [-0.3, -0.25) is 0 Å². The summed E-state index contributed by atoms with van der Waals surface area (Å²) in [6.07, 6.45) is 1.88. The maximum Gasteiger partial charge on any atom is 0.354 e. The number of anilines is 1. The molecule has 2 aromatic rings. The number of carboxylic acid groups (broad SMARTS) is 1. The van der Waals surface area contributed by atoms with Gasteiger partial charge in [-0.2, -0.15) is 0 Å². The van der Waals surface area contributed by atoms with Crippen LogP contribution in [0.1, 0.15) is 36.3 Å². The molecule has 0 amide bonds. The van der Waals surface area contributed by atoms with Crippen LogP contribution in [0.3, 0.4) is 0 Å². The molecule has 0 saturated carbocycles. The number of aryl methyl sites for hydroxylation is 1. The highest BCUT2D eigenvalue weighted by atomic mass is 16.4. The number of aromatic carboxylic acids is 1. The summed E-state index contributed by atoms with van der Waals surface area (Å²) in [6.45, 7) is 4.18. The molecule has 1 heterocycles. The van der Waals surface area contributed by atoms with Crippen molar-refractivity contribution in [2.75, 3.05) is 5.32 Å². The topological polar surface area (TPSA) is 62.2 Å². The predicted molar refractivity (Wildman–Crippen MR) is 83.7 cm³/mol. The van der Waals surface area contributed by atoms with Gasteiger partial charge in [-0.25, -0.2) is 9.78 Å². The largest absolute Gasteiger partial charge is 0.477 e. The number of rotatable bonds is 6. The molecule has 0 spiro atoms. The van der Waals surface area contributed by atoms with Crippen molar-refractivity contribution in [3.63, 3.8) is 0 Å². The van der Waals surface area contributed by atoms with Crippen molar-refractivity contribution in [1.82, 2.24) is 4.98 Å². The molecule has 0 unspecified atom stereocenters. The van der Waals surface area contributed by atoms with Crippen molar-refractivity contribution in [3.05, 3.63) is 59.8 Å². The van der Waals surface area contributed by atoms with E-state index >= 15 is 0 Å². The summed E-state index contributed by atoms with van der Waals surface area (Å²) in [4.78, 5) is 15.0. The number of aromatic nitrogens is 1. The monoisotopic (exact) mass is 284 g/mol. The summed E-state index contributed by atoms with van der Waals surface area (Å²) in [7, 11) is 0. The zero-order valence-corrected chi connectivity index (χ0v) is 12.3. The minimum atomic E-state index is -1.01. The Morgan fingerprint density at radius 1 is 1.14 bits per heavy atom. The molecule has 0 atom stereocenters. The normalized spacial score (nSPS) is 11.1. The van der Waals surface area contributed by atoms with Gasteiger partial charge in [-0.05, 0) is 44.4 Å². The third-order valence-corrected chi connectivity index (χ3v) is 3.32. The average molecular weight is 284 g/mol. The first-order valence-corrected chi connectivity index (χ1v) is 6.99. The van der Waals surface area contributed by atoms with Crippen LogP contribution in [0.5, 0.6) is 0 Å². The number of carbonyl (C=O) groups is 1. The highest BCUT2D eigenvalue weighted by Gasteiger charge is 2.18. The van der Waals surface area contributed by atoms with E-state index in [2.05, 4.69) is 36.3 Å². The van der Waals surface area contributed by atoms with Crippen molar-refractivity contribution in [3.8, 4) is 0 Å². The molecule has 110 valence electrons. The lowest BCUT2D eigenvalue weighted by atomic mass is 9.95. The maximum atomic E-state index is 10.9. The van der Waals surface area contributed by atoms with Crippen molar-refractivity contribution in [1.29, 1.82) is 0 Å². The SMILES string of the molecule is CC(C)(CCc1ccccc1)Nc1cccc(C(=O)O)n1. The lowest BCUT2D eigenvalue weighted by molar-refractivity contribution is 0.0690. The molecule has 2 N–H and O–H groups in total. The third kappa shape index (κ3) is 4.60. The van der Waals surface area contributed by atoms with Crippen LogP contribution in [0.15, 0.2) is 48.5 Å². The number of hydrogen-bond donors (Lipinski definition) is 2. The van der Waals surface area contributed by atoms with Gasteiger partial charge in [0.1, 0.15) is 5.82 Å². The quantitative estimate of drug-likeness (QED) is 0.850. The summed E-state index contributed by atoms with van der Waals surface area (Å²) in [6, 6.07) is 15.3. The Morgan fingerprint density at radius 2 is 1.86 bits per heavy atom. The number of benzene rings is 1. The average Bonchev–Trinajstić information content (AvgIpc) is 2.46. The van der Waals surface area contributed by atoms with Crippen LogP contribution in [0.25, 0.3) is 0 Å². The van der Waals surface area contributed by atoms with Gasteiger partial charge in [0, 0.05) is 5.54 Å². The highest BCUT2D eigenvalue weighted by molar-refractivity contribution is 5.85. The van der Waals surface area contributed by atoms with E-state index in [-0.39, 0.29) is 11.2 Å². The Kier molecular flexibility index (Phi) is 4.58. The van der Waals surface area contributed by atoms with E-state index in [0.29, 0.717) is 5.82 Å². The zero-order valence-electron chi connectivity index (χ0n) is 12.3. The number of pyridine rings is 1. The molecule has 0 aliphatic rings. The molecule has 4 nitrogen and oxygen atoms in total. The number of nitrogens with one attached hydrogen (secondary N) is 1. The summed E-state index contributed by atoms with van der Waals surface area (Å²) in [5.41, 5.74) is 1.18. The van der Waals surface area contributed by atoms with Gasteiger partial charge in [0.2, 0.25) is 0 Å². The van der Waals surface area contributed by atoms with Crippen LogP contribution >= 0.6 is 0 Å². The molecule has 1 aromatic heterocycles. The van der Waals surface area contributed by atoms with Crippen LogP contribution in [-0.2, 0) is 6.42 Å². The first-order chi connectivity index (χ1) is 9.96. The molecule has 0 aliphatic heterocycles. The molecule has 21 heavy (non-hydrogen) atoms. The van der Waals surface area contributed by atoms with Gasteiger partial charge in [-0.1, -0.05) is 36.4 Å². The first-order valence-electron chi connectivity index (χ1n) is 6.99. The van der Waals surface area contributed by atoms with Gasteiger partial charge >= 0.3 is 5.97 Å². The van der Waals surface area contributed by atoms with Crippen molar-refractivity contribution < 1.29 is 9.90 Å². The van der Waals surface area contributed by atoms with Gasteiger partial charge in [0.05, 0.1) is 0 Å². The molecule has 2 rings (SSSR count). The number of carboxylic acids is 1. The van der Waals surface area contributed by atoms with Crippen LogP contribution in [0.2, 0.25) is 0 Å². The van der Waals surface area contributed by atoms with Crippen LogP contribution < -0.4 is 5.32 Å². The van der Waals surface area contributed by atoms with Gasteiger partial charge in [0.25, 0.3) is 0 Å². The highest BCUT2D eigenvalue weighted by Crippen LogP contribution is 2.19. The molecule has 0 bridgehead atoms. The number of hydrogen-bond acceptors (Lipinski definition) is 3. The summed E-state index contributed by atoms with van der Waals surface area (Å²) in [5.74, 6) is -0.422. The van der Waals surface area contributed by atoms with E-state index < -0.39 is 5.97 Å². The van der Waals surface area contributed by atoms with E-state index in [1.807, 2.05) is 18.2 Å². The molecule has 1 aromatic carbocycles. The molecule has 0 saturated heterocycles. The van der Waals surface area contributed by atoms with E-state index in [4.69, 9.17) is 5.11 Å². The van der Waals surface area contributed by atoms with Gasteiger partial charge in [-0.15, -0.1) is 0 Å². The minimum Gasteiger partial charge on any atom is -0.477 e. The molecule has 0 radical (unpaired) electrons. The summed E-state index contributed by atoms with van der Waals surface area (Å²) >= 11 is 0. The third-order valence-electron chi connectivity index (χ3n) is 3.32. The summed E-state index contributed by atoms with van der Waals surface area (Å²) < 4.78 is 0. The molecular weight excluding hydrogens is 264 g/mol. The second-order valence-corrected chi connectivity index (χ2v) is 5.71. The van der Waals surface area contributed by atoms with Crippen molar-refractivity contribution in [2.24, 2.45) is 0 Å². The lowest BCUT2D eigenvalue weighted by Gasteiger charge is -2.27. The Balaban J connectivity index is 2.00. The van der Waals surface area contributed by atoms with Crippen LogP contribution in [0, 0.1) is 0 Å². The fraction of sp³-hybridized carbons (Fsp3) is 0.294. The smallest absolute Gasteiger partial charge is 0.354 e.